The van der Waals surface area contributed by atoms with Gasteiger partial charge in [0.05, 0.1) is 6.10 Å². The van der Waals surface area contributed by atoms with Crippen LogP contribution in [0.15, 0.2) is 24.3 Å². The van der Waals surface area contributed by atoms with Crippen LogP contribution in [-0.4, -0.2) is 19.3 Å². The maximum atomic E-state index is 5.61. The minimum atomic E-state index is 0.381. The molecule has 1 aromatic rings. The highest BCUT2D eigenvalue weighted by Crippen LogP contribution is 2.24. The minimum absolute atomic E-state index is 0.381. The first kappa shape index (κ1) is 14.5. The number of hydrogen-bond acceptors (Lipinski definition) is 2. The number of methoxy groups -OCH3 is 1. The lowest BCUT2D eigenvalue weighted by Gasteiger charge is -2.33. The normalized spacial score (nSPS) is 25.2. The summed E-state index contributed by atoms with van der Waals surface area (Å²) in [6.45, 7) is 4.45. The smallest absolute Gasteiger partial charge is 0.0724 e. The van der Waals surface area contributed by atoms with Crippen molar-refractivity contribution >= 4 is 0 Å². The number of rotatable bonds is 5. The van der Waals surface area contributed by atoms with Crippen LogP contribution in [0.25, 0.3) is 0 Å². The van der Waals surface area contributed by atoms with Gasteiger partial charge in [-0.1, -0.05) is 44.0 Å². The molecule has 19 heavy (non-hydrogen) atoms. The van der Waals surface area contributed by atoms with Crippen LogP contribution in [0.1, 0.15) is 56.7 Å². The van der Waals surface area contributed by atoms with Gasteiger partial charge in [-0.3, -0.25) is 0 Å². The van der Waals surface area contributed by atoms with Gasteiger partial charge in [-0.25, -0.2) is 0 Å². The van der Waals surface area contributed by atoms with Crippen molar-refractivity contribution in [1.29, 1.82) is 0 Å². The van der Waals surface area contributed by atoms with Crippen molar-refractivity contribution in [3.63, 3.8) is 0 Å². The maximum Gasteiger partial charge on any atom is 0.0724 e. The highest BCUT2D eigenvalue weighted by molar-refractivity contribution is 5.24. The van der Waals surface area contributed by atoms with Crippen LogP contribution in [-0.2, 0) is 11.2 Å². The molecule has 0 radical (unpaired) electrons. The molecule has 1 fully saturated rings. The highest BCUT2D eigenvalue weighted by atomic mass is 16.5. The van der Waals surface area contributed by atoms with Gasteiger partial charge in [-0.05, 0) is 37.3 Å². The summed E-state index contributed by atoms with van der Waals surface area (Å²) in [5.74, 6) is 0. The third-order valence-corrected chi connectivity index (χ3v) is 4.36. The van der Waals surface area contributed by atoms with E-state index in [0.29, 0.717) is 18.2 Å². The second-order valence-corrected chi connectivity index (χ2v) is 5.65. The summed E-state index contributed by atoms with van der Waals surface area (Å²) in [5.41, 5.74) is 2.78. The number of ether oxygens (including phenoxy) is 1. The highest BCUT2D eigenvalue weighted by Gasteiger charge is 2.26. The van der Waals surface area contributed by atoms with Gasteiger partial charge in [0.25, 0.3) is 0 Å². The van der Waals surface area contributed by atoms with Crippen LogP contribution in [0.3, 0.4) is 0 Å². The molecule has 0 saturated heterocycles. The summed E-state index contributed by atoms with van der Waals surface area (Å²) in [4.78, 5) is 0. The van der Waals surface area contributed by atoms with Crippen molar-refractivity contribution in [1.82, 2.24) is 5.32 Å². The third-order valence-electron chi connectivity index (χ3n) is 4.36. The molecule has 0 spiro atoms. The Labute approximate surface area is 117 Å². The summed E-state index contributed by atoms with van der Waals surface area (Å²) in [6.07, 6.45) is 6.53. The second kappa shape index (κ2) is 7.06. The predicted octanol–water partition coefficient (Wildman–Crippen LogP) is 3.86. The van der Waals surface area contributed by atoms with Crippen LogP contribution in [0.5, 0.6) is 0 Å². The Kier molecular flexibility index (Phi) is 5.41. The van der Waals surface area contributed by atoms with Gasteiger partial charge < -0.3 is 10.1 Å². The molecule has 1 aliphatic carbocycles. The topological polar surface area (TPSA) is 21.3 Å². The van der Waals surface area contributed by atoms with Crippen LogP contribution < -0.4 is 5.32 Å². The lowest BCUT2D eigenvalue weighted by molar-refractivity contribution is 0.0384. The number of nitrogens with one attached hydrogen (secondary N) is 1. The lowest BCUT2D eigenvalue weighted by Crippen LogP contribution is -2.44. The molecule has 1 saturated carbocycles. The van der Waals surface area contributed by atoms with E-state index in [1.165, 1.54) is 36.8 Å². The van der Waals surface area contributed by atoms with Gasteiger partial charge >= 0.3 is 0 Å². The standard InChI is InChI=1S/C17H27NO/c1-4-14-9-11-15(12-10-14)13(2)18-16-7-5-6-8-17(16)19-3/h9-13,16-18H,4-8H2,1-3H3. The van der Waals surface area contributed by atoms with Crippen LogP contribution >= 0.6 is 0 Å². The Hall–Kier alpha value is -0.860. The van der Waals surface area contributed by atoms with Crippen molar-refractivity contribution in [2.75, 3.05) is 7.11 Å². The van der Waals surface area contributed by atoms with E-state index in [4.69, 9.17) is 4.74 Å². The summed E-state index contributed by atoms with van der Waals surface area (Å²) in [5, 5.41) is 3.75. The lowest BCUT2D eigenvalue weighted by atomic mass is 9.91. The van der Waals surface area contributed by atoms with E-state index in [-0.39, 0.29) is 0 Å². The Morgan fingerprint density at radius 2 is 1.89 bits per heavy atom. The number of hydrogen-bond donors (Lipinski definition) is 1. The molecule has 2 rings (SSSR count). The molecule has 106 valence electrons. The van der Waals surface area contributed by atoms with E-state index in [2.05, 4.69) is 43.4 Å². The summed E-state index contributed by atoms with van der Waals surface area (Å²) in [6, 6.07) is 9.87. The van der Waals surface area contributed by atoms with Gasteiger partial charge in [0.15, 0.2) is 0 Å². The Morgan fingerprint density at radius 1 is 1.21 bits per heavy atom. The third kappa shape index (κ3) is 3.80. The monoisotopic (exact) mass is 261 g/mol. The van der Waals surface area contributed by atoms with Crippen LogP contribution in [0, 0.1) is 0 Å². The van der Waals surface area contributed by atoms with Crippen molar-refractivity contribution in [2.45, 2.75) is 64.1 Å². The minimum Gasteiger partial charge on any atom is -0.380 e. The van der Waals surface area contributed by atoms with Crippen LogP contribution in [0.2, 0.25) is 0 Å². The SMILES string of the molecule is CCc1ccc(C(C)NC2CCCCC2OC)cc1. The van der Waals surface area contributed by atoms with E-state index >= 15 is 0 Å². The molecular weight excluding hydrogens is 234 g/mol. The Bertz CT molecular complexity index is 373. The van der Waals surface area contributed by atoms with E-state index in [9.17, 15) is 0 Å². The zero-order valence-corrected chi connectivity index (χ0v) is 12.5. The first-order valence-corrected chi connectivity index (χ1v) is 7.62. The average Bonchev–Trinajstić information content (AvgIpc) is 2.48. The molecule has 0 amide bonds. The largest absolute Gasteiger partial charge is 0.380 e. The molecule has 0 aliphatic heterocycles. The molecule has 1 aromatic carbocycles. The number of benzene rings is 1. The first-order chi connectivity index (χ1) is 9.24. The van der Waals surface area contributed by atoms with E-state index in [1.807, 2.05) is 7.11 Å². The van der Waals surface area contributed by atoms with Crippen molar-refractivity contribution in [2.24, 2.45) is 0 Å². The van der Waals surface area contributed by atoms with Gasteiger partial charge in [-0.2, -0.15) is 0 Å². The van der Waals surface area contributed by atoms with Crippen molar-refractivity contribution in [3.8, 4) is 0 Å². The molecule has 0 bridgehead atoms. The van der Waals surface area contributed by atoms with Gasteiger partial charge in [0, 0.05) is 19.2 Å². The summed E-state index contributed by atoms with van der Waals surface area (Å²) < 4.78 is 5.61. The van der Waals surface area contributed by atoms with E-state index in [0.717, 1.165) is 6.42 Å². The molecule has 3 unspecified atom stereocenters. The zero-order chi connectivity index (χ0) is 13.7. The molecule has 0 heterocycles. The molecule has 3 atom stereocenters. The fourth-order valence-electron chi connectivity index (χ4n) is 3.03. The molecule has 1 aliphatic rings. The van der Waals surface area contributed by atoms with Crippen molar-refractivity contribution in [3.05, 3.63) is 35.4 Å². The average molecular weight is 261 g/mol. The van der Waals surface area contributed by atoms with Crippen LogP contribution in [0.4, 0.5) is 0 Å². The molecule has 0 aromatic heterocycles. The molecular formula is C17H27NO. The fraction of sp³-hybridized carbons (Fsp3) is 0.647. The van der Waals surface area contributed by atoms with Gasteiger partial charge in [0.1, 0.15) is 0 Å². The quantitative estimate of drug-likeness (QED) is 0.869. The molecule has 2 heteroatoms. The Morgan fingerprint density at radius 3 is 2.53 bits per heavy atom. The zero-order valence-electron chi connectivity index (χ0n) is 12.5. The molecule has 1 N–H and O–H groups in total. The second-order valence-electron chi connectivity index (χ2n) is 5.65. The van der Waals surface area contributed by atoms with Gasteiger partial charge in [0.2, 0.25) is 0 Å². The van der Waals surface area contributed by atoms with E-state index < -0.39 is 0 Å². The Balaban J connectivity index is 1.96. The summed E-state index contributed by atoms with van der Waals surface area (Å²) in [7, 11) is 1.84. The maximum absolute atomic E-state index is 5.61. The predicted molar refractivity (Wildman–Crippen MR) is 80.4 cm³/mol. The van der Waals surface area contributed by atoms with Crippen molar-refractivity contribution < 1.29 is 4.74 Å². The molecule has 2 nitrogen and oxygen atoms in total. The first-order valence-electron chi connectivity index (χ1n) is 7.62. The van der Waals surface area contributed by atoms with Gasteiger partial charge in [-0.15, -0.1) is 0 Å². The fourth-order valence-corrected chi connectivity index (χ4v) is 3.03. The summed E-state index contributed by atoms with van der Waals surface area (Å²) >= 11 is 0. The van der Waals surface area contributed by atoms with E-state index in [1.54, 1.807) is 0 Å². The number of aryl methyl sites for hydroxylation is 1.